The van der Waals surface area contributed by atoms with Crippen LogP contribution < -0.4 is 25.2 Å². The molecule has 0 aliphatic carbocycles. The molecule has 7 heteroatoms. The summed E-state index contributed by atoms with van der Waals surface area (Å²) < 4.78 is 12.8. The van der Waals surface area contributed by atoms with Gasteiger partial charge in [-0.25, -0.2) is 4.68 Å². The van der Waals surface area contributed by atoms with Crippen LogP contribution in [0.25, 0.3) is 0 Å². The predicted molar refractivity (Wildman–Crippen MR) is 113 cm³/mol. The summed E-state index contributed by atoms with van der Waals surface area (Å²) in [6.45, 7) is 7.81. The van der Waals surface area contributed by atoms with Gasteiger partial charge in [-0.05, 0) is 56.9 Å². The third kappa shape index (κ3) is 4.56. The highest BCUT2D eigenvalue weighted by molar-refractivity contribution is 5.44. The maximum atomic E-state index is 12.1. The Morgan fingerprint density at radius 1 is 1.14 bits per heavy atom. The van der Waals surface area contributed by atoms with Crippen LogP contribution in [0.15, 0.2) is 35.1 Å². The van der Waals surface area contributed by atoms with E-state index in [0.29, 0.717) is 19.3 Å². The maximum absolute atomic E-state index is 12.1. The molecular weight excluding hydrogens is 368 g/mol. The van der Waals surface area contributed by atoms with E-state index in [1.54, 1.807) is 10.7 Å². The second-order valence-electron chi connectivity index (χ2n) is 8.02. The Labute approximate surface area is 171 Å². The predicted octanol–water partition coefficient (Wildman–Crippen LogP) is 2.74. The summed E-state index contributed by atoms with van der Waals surface area (Å²) in [5.74, 6) is 2.55. The molecule has 4 rings (SSSR count). The molecule has 1 aromatic heterocycles. The Hall–Kier alpha value is -2.54. The van der Waals surface area contributed by atoms with Crippen molar-refractivity contribution in [1.29, 1.82) is 0 Å². The minimum absolute atomic E-state index is 0.0472. The fraction of sp³-hybridized carbons (Fsp3) is 0.545. The summed E-state index contributed by atoms with van der Waals surface area (Å²) in [6.07, 6.45) is 3.49. The molecular formula is C22H30N4O3. The molecule has 1 unspecified atom stereocenters. The summed E-state index contributed by atoms with van der Waals surface area (Å²) in [6, 6.07) is 10.0. The molecule has 2 aliphatic heterocycles. The van der Waals surface area contributed by atoms with E-state index in [4.69, 9.17) is 9.47 Å². The number of aromatic nitrogens is 2. The molecule has 1 atom stereocenters. The lowest BCUT2D eigenvalue weighted by Crippen LogP contribution is -2.46. The van der Waals surface area contributed by atoms with Crippen molar-refractivity contribution < 1.29 is 9.47 Å². The number of piperidine rings is 1. The number of hydrogen-bond donors (Lipinski definition) is 1. The molecule has 2 aromatic rings. The van der Waals surface area contributed by atoms with Crippen molar-refractivity contribution in [3.8, 4) is 11.5 Å². The molecule has 1 saturated heterocycles. The van der Waals surface area contributed by atoms with Gasteiger partial charge in [-0.15, -0.1) is 0 Å². The number of benzene rings is 1. The van der Waals surface area contributed by atoms with E-state index in [-0.39, 0.29) is 11.6 Å². The molecule has 156 valence electrons. The zero-order valence-electron chi connectivity index (χ0n) is 17.3. The first kappa shape index (κ1) is 19.8. The summed E-state index contributed by atoms with van der Waals surface area (Å²) >= 11 is 0. The topological polar surface area (TPSA) is 68.6 Å². The highest BCUT2D eigenvalue weighted by atomic mass is 16.6. The van der Waals surface area contributed by atoms with Crippen LogP contribution in [-0.4, -0.2) is 42.1 Å². The summed E-state index contributed by atoms with van der Waals surface area (Å²) in [5.41, 5.74) is 1.14. The van der Waals surface area contributed by atoms with Crippen molar-refractivity contribution in [2.45, 2.75) is 51.7 Å². The number of hydrogen-bond acceptors (Lipinski definition) is 6. The molecule has 0 bridgehead atoms. The van der Waals surface area contributed by atoms with Gasteiger partial charge in [0.1, 0.15) is 19.0 Å². The van der Waals surface area contributed by atoms with Crippen LogP contribution >= 0.6 is 0 Å². The quantitative estimate of drug-likeness (QED) is 0.807. The molecule has 0 amide bonds. The number of ether oxygens (including phenoxy) is 2. The fourth-order valence-corrected chi connectivity index (χ4v) is 4.03. The van der Waals surface area contributed by atoms with E-state index in [9.17, 15) is 4.79 Å². The van der Waals surface area contributed by atoms with Gasteiger partial charge in [0.15, 0.2) is 11.5 Å². The van der Waals surface area contributed by atoms with E-state index in [0.717, 1.165) is 49.8 Å². The Bertz CT molecular complexity index is 896. The lowest BCUT2D eigenvalue weighted by Gasteiger charge is -2.37. The van der Waals surface area contributed by atoms with Crippen LogP contribution in [0.2, 0.25) is 0 Å². The third-order valence-corrected chi connectivity index (χ3v) is 5.54. The van der Waals surface area contributed by atoms with Gasteiger partial charge in [-0.3, -0.25) is 4.79 Å². The standard InChI is InChI=1S/C22H30N4O3/c1-16(2)26-22(27)9-8-21(24-26)25-10-4-3-5-18(25)15-23-14-17-6-7-19-20(13-17)29-12-11-28-19/h6-9,13,16,18,23H,3-5,10-12,14-15H2,1-2H3. The van der Waals surface area contributed by atoms with E-state index < -0.39 is 0 Å². The first-order valence-corrected chi connectivity index (χ1v) is 10.6. The molecule has 3 heterocycles. The van der Waals surface area contributed by atoms with Gasteiger partial charge in [0.2, 0.25) is 0 Å². The van der Waals surface area contributed by atoms with E-state index in [1.807, 2.05) is 26.0 Å². The first-order valence-electron chi connectivity index (χ1n) is 10.6. The third-order valence-electron chi connectivity index (χ3n) is 5.54. The average Bonchev–Trinajstić information content (AvgIpc) is 2.74. The maximum Gasteiger partial charge on any atom is 0.267 e. The Morgan fingerprint density at radius 2 is 1.97 bits per heavy atom. The average molecular weight is 399 g/mol. The first-order chi connectivity index (χ1) is 14.1. The Kier molecular flexibility index (Phi) is 6.04. The van der Waals surface area contributed by atoms with Crippen molar-refractivity contribution in [3.05, 3.63) is 46.2 Å². The SMILES string of the molecule is CC(C)n1nc(N2CCCCC2CNCc2ccc3c(c2)OCCO3)ccc1=O. The van der Waals surface area contributed by atoms with Gasteiger partial charge in [0.25, 0.3) is 5.56 Å². The molecule has 0 radical (unpaired) electrons. The smallest absolute Gasteiger partial charge is 0.267 e. The van der Waals surface area contributed by atoms with Crippen molar-refractivity contribution in [3.63, 3.8) is 0 Å². The van der Waals surface area contributed by atoms with Crippen LogP contribution in [-0.2, 0) is 6.54 Å². The monoisotopic (exact) mass is 398 g/mol. The van der Waals surface area contributed by atoms with Gasteiger partial charge < -0.3 is 19.7 Å². The van der Waals surface area contributed by atoms with Crippen LogP contribution in [0.3, 0.4) is 0 Å². The molecule has 1 N–H and O–H groups in total. The molecule has 1 aromatic carbocycles. The molecule has 1 fully saturated rings. The molecule has 2 aliphatic rings. The zero-order chi connectivity index (χ0) is 20.2. The lowest BCUT2D eigenvalue weighted by molar-refractivity contribution is 0.171. The van der Waals surface area contributed by atoms with Crippen LogP contribution in [0.4, 0.5) is 5.82 Å². The zero-order valence-corrected chi connectivity index (χ0v) is 17.3. The number of anilines is 1. The fourth-order valence-electron chi connectivity index (χ4n) is 4.03. The Balaban J connectivity index is 1.41. The summed E-state index contributed by atoms with van der Waals surface area (Å²) in [7, 11) is 0. The highest BCUT2D eigenvalue weighted by Gasteiger charge is 2.24. The minimum atomic E-state index is -0.0472. The largest absolute Gasteiger partial charge is 0.486 e. The van der Waals surface area contributed by atoms with Gasteiger partial charge in [-0.2, -0.15) is 5.10 Å². The van der Waals surface area contributed by atoms with Crippen LogP contribution in [0, 0.1) is 0 Å². The second kappa shape index (κ2) is 8.86. The second-order valence-corrected chi connectivity index (χ2v) is 8.02. The summed E-state index contributed by atoms with van der Waals surface area (Å²) in [4.78, 5) is 14.4. The van der Waals surface area contributed by atoms with Crippen molar-refractivity contribution in [2.75, 3.05) is 31.2 Å². The number of nitrogens with zero attached hydrogens (tertiary/aromatic N) is 3. The number of fused-ring (bicyclic) bond motifs is 1. The lowest BCUT2D eigenvalue weighted by atomic mass is 10.0. The number of rotatable bonds is 6. The highest BCUT2D eigenvalue weighted by Crippen LogP contribution is 2.30. The van der Waals surface area contributed by atoms with Gasteiger partial charge in [0, 0.05) is 31.7 Å². The Morgan fingerprint density at radius 3 is 2.79 bits per heavy atom. The molecule has 29 heavy (non-hydrogen) atoms. The summed E-state index contributed by atoms with van der Waals surface area (Å²) in [5, 5.41) is 8.22. The molecule has 0 spiro atoms. The van der Waals surface area contributed by atoms with Crippen molar-refractivity contribution in [1.82, 2.24) is 15.1 Å². The minimum Gasteiger partial charge on any atom is -0.486 e. The van der Waals surface area contributed by atoms with Gasteiger partial charge in [0.05, 0.1) is 6.04 Å². The van der Waals surface area contributed by atoms with E-state index >= 15 is 0 Å². The molecule has 0 saturated carbocycles. The van der Waals surface area contributed by atoms with E-state index in [2.05, 4.69) is 27.4 Å². The van der Waals surface area contributed by atoms with Crippen LogP contribution in [0.1, 0.15) is 44.7 Å². The van der Waals surface area contributed by atoms with Gasteiger partial charge >= 0.3 is 0 Å². The number of nitrogens with one attached hydrogen (secondary N) is 1. The van der Waals surface area contributed by atoms with Gasteiger partial charge in [-0.1, -0.05) is 6.07 Å². The van der Waals surface area contributed by atoms with Crippen molar-refractivity contribution >= 4 is 5.82 Å². The van der Waals surface area contributed by atoms with Crippen LogP contribution in [0.5, 0.6) is 11.5 Å². The van der Waals surface area contributed by atoms with Crippen molar-refractivity contribution in [2.24, 2.45) is 0 Å². The van der Waals surface area contributed by atoms with E-state index in [1.165, 1.54) is 12.0 Å². The normalized spacial score (nSPS) is 18.9. The molecule has 7 nitrogen and oxygen atoms in total.